The molecular weight excluding hydrogens is 308 g/mol. The van der Waals surface area contributed by atoms with Gasteiger partial charge in [-0.15, -0.1) is 0 Å². The molecule has 0 unspecified atom stereocenters. The number of hydrogen-bond donors (Lipinski definition) is 3. The number of methoxy groups -OCH3 is 1. The van der Waals surface area contributed by atoms with Gasteiger partial charge in [0.15, 0.2) is 0 Å². The molecular formula is C13H16N4O4S. The van der Waals surface area contributed by atoms with E-state index in [0.717, 1.165) is 5.69 Å². The van der Waals surface area contributed by atoms with Crippen LogP contribution in [0.2, 0.25) is 0 Å². The summed E-state index contributed by atoms with van der Waals surface area (Å²) in [6, 6.07) is 3.94. The summed E-state index contributed by atoms with van der Waals surface area (Å²) < 4.78 is 31.8. The highest BCUT2D eigenvalue weighted by molar-refractivity contribution is 7.89. The fraction of sp³-hybridized carbons (Fsp3) is 0.231. The van der Waals surface area contributed by atoms with E-state index in [-0.39, 0.29) is 22.8 Å². The first-order valence-corrected chi connectivity index (χ1v) is 7.87. The van der Waals surface area contributed by atoms with Crippen LogP contribution in [0, 0.1) is 0 Å². The van der Waals surface area contributed by atoms with Crippen molar-refractivity contribution < 1.29 is 17.9 Å². The molecule has 8 nitrogen and oxygen atoms in total. The number of carbonyl (C=O) groups excluding carboxylic acids is 1. The summed E-state index contributed by atoms with van der Waals surface area (Å²) in [7, 11) is -2.37. The molecule has 2 rings (SSSR count). The van der Waals surface area contributed by atoms with E-state index >= 15 is 0 Å². The monoisotopic (exact) mass is 324 g/mol. The van der Waals surface area contributed by atoms with Crippen molar-refractivity contribution >= 4 is 15.9 Å². The predicted octanol–water partition coefficient (Wildman–Crippen LogP) is 0.0382. The fourth-order valence-electron chi connectivity index (χ4n) is 1.87. The molecule has 0 radical (unpaired) electrons. The molecule has 1 amide bonds. The average molecular weight is 324 g/mol. The standard InChI is InChI=1S/C13H16N4O4S/c1-21-12-3-2-10(6-11(12)13(14)18)22(19,20)17-5-4-9-7-15-8-16-9/h2-3,6-8,17H,4-5H2,1H3,(H2,14,18)(H,15,16). The molecule has 118 valence electrons. The topological polar surface area (TPSA) is 127 Å². The van der Waals surface area contributed by atoms with E-state index in [0.29, 0.717) is 6.42 Å². The van der Waals surface area contributed by atoms with Gasteiger partial charge in [0, 0.05) is 24.9 Å². The first-order chi connectivity index (χ1) is 10.4. The molecule has 0 aliphatic carbocycles. The van der Waals surface area contributed by atoms with Crippen LogP contribution < -0.4 is 15.2 Å². The lowest BCUT2D eigenvalue weighted by atomic mass is 10.2. The van der Waals surface area contributed by atoms with Crippen molar-refractivity contribution in [3.8, 4) is 5.75 Å². The quantitative estimate of drug-likeness (QED) is 0.662. The number of aromatic nitrogens is 2. The summed E-state index contributed by atoms with van der Waals surface area (Å²) in [4.78, 5) is 18.0. The normalized spacial score (nSPS) is 11.3. The highest BCUT2D eigenvalue weighted by atomic mass is 32.2. The molecule has 0 saturated carbocycles. The van der Waals surface area contributed by atoms with Gasteiger partial charge in [0.2, 0.25) is 10.0 Å². The zero-order valence-corrected chi connectivity index (χ0v) is 12.7. The number of sulfonamides is 1. The molecule has 0 atom stereocenters. The van der Waals surface area contributed by atoms with Crippen molar-refractivity contribution in [3.63, 3.8) is 0 Å². The molecule has 0 saturated heterocycles. The molecule has 2 aromatic rings. The third-order valence-corrected chi connectivity index (χ3v) is 4.45. The molecule has 9 heteroatoms. The molecule has 0 bridgehead atoms. The van der Waals surface area contributed by atoms with Crippen molar-refractivity contribution in [3.05, 3.63) is 42.0 Å². The number of amides is 1. The Morgan fingerprint density at radius 2 is 2.23 bits per heavy atom. The minimum atomic E-state index is -3.74. The molecule has 1 aromatic carbocycles. The van der Waals surface area contributed by atoms with Gasteiger partial charge in [-0.2, -0.15) is 0 Å². The van der Waals surface area contributed by atoms with Gasteiger partial charge in [-0.1, -0.05) is 0 Å². The number of aromatic amines is 1. The van der Waals surface area contributed by atoms with Gasteiger partial charge in [-0.05, 0) is 18.2 Å². The molecule has 4 N–H and O–H groups in total. The van der Waals surface area contributed by atoms with Crippen molar-refractivity contribution in [2.24, 2.45) is 5.73 Å². The van der Waals surface area contributed by atoms with E-state index in [2.05, 4.69) is 14.7 Å². The third kappa shape index (κ3) is 3.62. The molecule has 0 aliphatic rings. The van der Waals surface area contributed by atoms with Crippen LogP contribution >= 0.6 is 0 Å². The number of H-pyrrole nitrogens is 1. The van der Waals surface area contributed by atoms with E-state index in [1.165, 1.54) is 31.6 Å². The van der Waals surface area contributed by atoms with Gasteiger partial charge in [0.1, 0.15) is 5.75 Å². The van der Waals surface area contributed by atoms with E-state index in [9.17, 15) is 13.2 Å². The highest BCUT2D eigenvalue weighted by Gasteiger charge is 2.18. The zero-order valence-electron chi connectivity index (χ0n) is 11.9. The van der Waals surface area contributed by atoms with Crippen LogP contribution in [-0.2, 0) is 16.4 Å². The fourth-order valence-corrected chi connectivity index (χ4v) is 2.93. The van der Waals surface area contributed by atoms with Crippen molar-refractivity contribution in [2.45, 2.75) is 11.3 Å². The maximum absolute atomic E-state index is 12.2. The summed E-state index contributed by atoms with van der Waals surface area (Å²) in [5.74, 6) is -0.532. The Morgan fingerprint density at radius 3 is 2.82 bits per heavy atom. The third-order valence-electron chi connectivity index (χ3n) is 2.99. The van der Waals surface area contributed by atoms with Crippen molar-refractivity contribution in [1.29, 1.82) is 0 Å². The van der Waals surface area contributed by atoms with Crippen LogP contribution in [0.5, 0.6) is 5.75 Å². The first kappa shape index (κ1) is 16.0. The second-order valence-electron chi connectivity index (χ2n) is 4.45. The second-order valence-corrected chi connectivity index (χ2v) is 6.22. The summed E-state index contributed by atoms with van der Waals surface area (Å²) in [6.45, 7) is 0.197. The van der Waals surface area contributed by atoms with E-state index < -0.39 is 15.9 Å². The number of hydrogen-bond acceptors (Lipinski definition) is 5. The number of benzene rings is 1. The Bertz CT molecular complexity index is 756. The van der Waals surface area contributed by atoms with Gasteiger partial charge in [0.05, 0.1) is 23.9 Å². The number of nitrogens with two attached hydrogens (primary N) is 1. The molecule has 0 spiro atoms. The van der Waals surface area contributed by atoms with Gasteiger partial charge in [-0.3, -0.25) is 4.79 Å². The smallest absolute Gasteiger partial charge is 0.252 e. The largest absolute Gasteiger partial charge is 0.496 e. The average Bonchev–Trinajstić information content (AvgIpc) is 2.99. The number of rotatable bonds is 7. The van der Waals surface area contributed by atoms with Gasteiger partial charge >= 0.3 is 0 Å². The molecule has 1 heterocycles. The summed E-state index contributed by atoms with van der Waals surface area (Å²) in [5.41, 5.74) is 6.05. The number of nitrogens with zero attached hydrogens (tertiary/aromatic N) is 1. The van der Waals surface area contributed by atoms with Crippen molar-refractivity contribution in [2.75, 3.05) is 13.7 Å². The SMILES string of the molecule is COc1ccc(S(=O)(=O)NCCc2cnc[nH]2)cc1C(N)=O. The first-order valence-electron chi connectivity index (χ1n) is 6.39. The summed E-state index contributed by atoms with van der Waals surface area (Å²) >= 11 is 0. The van der Waals surface area contributed by atoms with Crippen LogP contribution in [0.3, 0.4) is 0 Å². The molecule has 0 fully saturated rings. The number of ether oxygens (including phenoxy) is 1. The summed E-state index contributed by atoms with van der Waals surface area (Å²) in [5, 5.41) is 0. The van der Waals surface area contributed by atoms with Gasteiger partial charge in [-0.25, -0.2) is 18.1 Å². The van der Waals surface area contributed by atoms with Gasteiger partial charge in [0.25, 0.3) is 5.91 Å². The number of imidazole rings is 1. The van der Waals surface area contributed by atoms with E-state index in [4.69, 9.17) is 10.5 Å². The maximum atomic E-state index is 12.2. The number of primary amides is 1. The number of carbonyl (C=O) groups is 1. The molecule has 22 heavy (non-hydrogen) atoms. The van der Waals surface area contributed by atoms with Crippen LogP contribution in [-0.4, -0.2) is 37.9 Å². The van der Waals surface area contributed by atoms with Crippen molar-refractivity contribution in [1.82, 2.24) is 14.7 Å². The lowest BCUT2D eigenvalue weighted by Crippen LogP contribution is -2.26. The van der Waals surface area contributed by atoms with E-state index in [1.54, 1.807) is 6.20 Å². The Morgan fingerprint density at radius 1 is 1.45 bits per heavy atom. The lowest BCUT2D eigenvalue weighted by molar-refractivity contribution is 0.0997. The van der Waals surface area contributed by atoms with Crippen LogP contribution in [0.25, 0.3) is 0 Å². The Kier molecular flexibility index (Phi) is 4.78. The maximum Gasteiger partial charge on any atom is 0.252 e. The summed E-state index contributed by atoms with van der Waals surface area (Å²) in [6.07, 6.45) is 3.61. The predicted molar refractivity (Wildman–Crippen MR) is 79.0 cm³/mol. The zero-order chi connectivity index (χ0) is 16.2. The minimum absolute atomic E-state index is 0.0129. The Labute approximate surface area is 127 Å². The van der Waals surface area contributed by atoms with Gasteiger partial charge < -0.3 is 15.5 Å². The lowest BCUT2D eigenvalue weighted by Gasteiger charge is -2.10. The molecule has 1 aromatic heterocycles. The number of nitrogens with one attached hydrogen (secondary N) is 2. The van der Waals surface area contributed by atoms with Crippen LogP contribution in [0.15, 0.2) is 35.6 Å². The highest BCUT2D eigenvalue weighted by Crippen LogP contribution is 2.21. The van der Waals surface area contributed by atoms with Crippen LogP contribution in [0.1, 0.15) is 16.1 Å². The van der Waals surface area contributed by atoms with Crippen LogP contribution in [0.4, 0.5) is 0 Å². The Balaban J connectivity index is 2.14. The molecule has 0 aliphatic heterocycles. The Hall–Kier alpha value is -2.39. The van der Waals surface area contributed by atoms with E-state index in [1.807, 2.05) is 0 Å². The minimum Gasteiger partial charge on any atom is -0.496 e. The second kappa shape index (κ2) is 6.58.